The first-order valence-electron chi connectivity index (χ1n) is 9.31. The molecule has 0 spiro atoms. The molecule has 2 aromatic rings. The molecule has 1 heterocycles. The van der Waals surface area contributed by atoms with Crippen molar-refractivity contribution >= 4 is 11.7 Å². The van der Waals surface area contributed by atoms with Crippen LogP contribution >= 0.6 is 0 Å². The molecule has 1 aliphatic heterocycles. The molecule has 0 unspecified atom stereocenters. The summed E-state index contributed by atoms with van der Waals surface area (Å²) < 4.78 is 5.73. The van der Waals surface area contributed by atoms with Gasteiger partial charge in [0.05, 0.1) is 12.3 Å². The van der Waals surface area contributed by atoms with E-state index >= 15 is 0 Å². The number of piperazine rings is 1. The maximum absolute atomic E-state index is 12.4. The number of para-hydroxylation sites is 2. The van der Waals surface area contributed by atoms with Gasteiger partial charge in [-0.3, -0.25) is 0 Å². The zero-order chi connectivity index (χ0) is 18.2. The van der Waals surface area contributed by atoms with E-state index in [-0.39, 0.29) is 6.03 Å². The Hall–Kier alpha value is -2.69. The van der Waals surface area contributed by atoms with Crippen molar-refractivity contribution < 1.29 is 9.53 Å². The van der Waals surface area contributed by atoms with E-state index in [2.05, 4.69) is 28.4 Å². The fourth-order valence-electron chi connectivity index (χ4n) is 3.22. The molecule has 2 aromatic carbocycles. The molecule has 2 amide bonds. The molecule has 1 saturated heterocycles. The molecule has 0 aliphatic carbocycles. The fraction of sp³-hybridized carbons (Fsp3) is 0.381. The summed E-state index contributed by atoms with van der Waals surface area (Å²) in [5, 5.41) is 3.03. The zero-order valence-electron chi connectivity index (χ0n) is 15.4. The summed E-state index contributed by atoms with van der Waals surface area (Å²) in [6, 6.07) is 18.4. The number of nitrogens with one attached hydrogen (secondary N) is 1. The Balaban J connectivity index is 1.46. The minimum atomic E-state index is 0.0266. The summed E-state index contributed by atoms with van der Waals surface area (Å²) in [6.45, 7) is 6.38. The van der Waals surface area contributed by atoms with Crippen molar-refractivity contribution in [1.29, 1.82) is 0 Å². The number of hydrogen-bond donors (Lipinski definition) is 1. The number of ether oxygens (including phenoxy) is 1. The molecular formula is C21H27N3O2. The summed E-state index contributed by atoms with van der Waals surface area (Å²) in [5.74, 6) is 0.913. The normalized spacial score (nSPS) is 14.2. The van der Waals surface area contributed by atoms with Crippen LogP contribution in [0.25, 0.3) is 0 Å². The number of hydrogen-bond acceptors (Lipinski definition) is 3. The Bertz CT molecular complexity index is 697. The van der Waals surface area contributed by atoms with E-state index < -0.39 is 0 Å². The number of benzene rings is 2. The zero-order valence-corrected chi connectivity index (χ0v) is 15.4. The summed E-state index contributed by atoms with van der Waals surface area (Å²) in [6.07, 6.45) is 0.855. The molecule has 1 N–H and O–H groups in total. The average Bonchev–Trinajstić information content (AvgIpc) is 2.70. The Labute approximate surface area is 155 Å². The second-order valence-corrected chi connectivity index (χ2v) is 6.34. The van der Waals surface area contributed by atoms with Crippen LogP contribution in [0.2, 0.25) is 0 Å². The summed E-state index contributed by atoms with van der Waals surface area (Å²) in [4.78, 5) is 16.6. The molecule has 1 fully saturated rings. The van der Waals surface area contributed by atoms with Crippen LogP contribution < -0.4 is 15.0 Å². The lowest BCUT2D eigenvalue weighted by molar-refractivity contribution is 0.194. The van der Waals surface area contributed by atoms with Crippen LogP contribution in [0, 0.1) is 0 Å². The maximum Gasteiger partial charge on any atom is 0.317 e. The maximum atomic E-state index is 12.4. The number of carbonyl (C=O) groups is 1. The number of urea groups is 1. The van der Waals surface area contributed by atoms with Crippen molar-refractivity contribution in [3.05, 3.63) is 60.2 Å². The second kappa shape index (κ2) is 9.13. The Kier molecular flexibility index (Phi) is 6.36. The largest absolute Gasteiger partial charge is 0.492 e. The second-order valence-electron chi connectivity index (χ2n) is 6.34. The Morgan fingerprint density at radius 3 is 2.42 bits per heavy atom. The average molecular weight is 353 g/mol. The number of nitrogens with zero attached hydrogens (tertiary/aromatic N) is 2. The van der Waals surface area contributed by atoms with E-state index in [4.69, 9.17) is 4.74 Å². The predicted octanol–water partition coefficient (Wildman–Crippen LogP) is 3.16. The predicted molar refractivity (Wildman–Crippen MR) is 105 cm³/mol. The highest BCUT2D eigenvalue weighted by atomic mass is 16.5. The van der Waals surface area contributed by atoms with Gasteiger partial charge in [0, 0.05) is 32.7 Å². The van der Waals surface area contributed by atoms with Crippen LogP contribution in [0.15, 0.2) is 54.6 Å². The highest BCUT2D eigenvalue weighted by molar-refractivity contribution is 5.74. The van der Waals surface area contributed by atoms with Gasteiger partial charge in [-0.25, -0.2) is 4.79 Å². The lowest BCUT2D eigenvalue weighted by atomic mass is 10.1. The molecule has 0 saturated carbocycles. The van der Waals surface area contributed by atoms with Gasteiger partial charge in [0.15, 0.2) is 0 Å². The van der Waals surface area contributed by atoms with Crippen LogP contribution in [-0.2, 0) is 6.42 Å². The minimum Gasteiger partial charge on any atom is -0.492 e. The molecule has 0 radical (unpaired) electrons. The number of carbonyl (C=O) groups excluding carboxylic acids is 1. The third-order valence-electron chi connectivity index (χ3n) is 4.61. The Morgan fingerprint density at radius 1 is 1.00 bits per heavy atom. The first kappa shape index (κ1) is 18.1. The lowest BCUT2D eigenvalue weighted by Crippen LogP contribution is -2.52. The van der Waals surface area contributed by atoms with Gasteiger partial charge < -0.3 is 19.9 Å². The highest BCUT2D eigenvalue weighted by Crippen LogP contribution is 2.28. The number of amides is 2. The third-order valence-corrected chi connectivity index (χ3v) is 4.61. The topological polar surface area (TPSA) is 44.8 Å². The third kappa shape index (κ3) is 4.69. The lowest BCUT2D eigenvalue weighted by Gasteiger charge is -2.36. The van der Waals surface area contributed by atoms with Gasteiger partial charge in [0.25, 0.3) is 0 Å². The standard InChI is InChI=1S/C21H27N3O2/c1-2-26-20-11-7-6-10-19(20)23-14-16-24(17-15-23)21(25)22-13-12-18-8-4-3-5-9-18/h3-11H,2,12-17H2,1H3,(H,22,25). The van der Waals surface area contributed by atoms with Crippen molar-refractivity contribution in [2.24, 2.45) is 0 Å². The van der Waals surface area contributed by atoms with Crippen LogP contribution in [0.1, 0.15) is 12.5 Å². The van der Waals surface area contributed by atoms with Gasteiger partial charge in [-0.2, -0.15) is 0 Å². The summed E-state index contributed by atoms with van der Waals surface area (Å²) in [7, 11) is 0. The summed E-state index contributed by atoms with van der Waals surface area (Å²) >= 11 is 0. The van der Waals surface area contributed by atoms with Crippen LogP contribution in [0.5, 0.6) is 5.75 Å². The van der Waals surface area contributed by atoms with Gasteiger partial charge in [-0.15, -0.1) is 0 Å². The van der Waals surface area contributed by atoms with E-state index in [1.165, 1.54) is 5.56 Å². The van der Waals surface area contributed by atoms with Crippen molar-refractivity contribution in [3.8, 4) is 5.75 Å². The first-order chi connectivity index (χ1) is 12.8. The SMILES string of the molecule is CCOc1ccccc1N1CCN(C(=O)NCCc2ccccc2)CC1. The molecule has 1 aliphatic rings. The van der Waals surface area contributed by atoms with Gasteiger partial charge in [-0.1, -0.05) is 42.5 Å². The highest BCUT2D eigenvalue weighted by Gasteiger charge is 2.22. The molecule has 5 heteroatoms. The quantitative estimate of drug-likeness (QED) is 0.868. The molecule has 0 aromatic heterocycles. The molecule has 5 nitrogen and oxygen atoms in total. The van der Waals surface area contributed by atoms with Crippen molar-refractivity contribution in [2.45, 2.75) is 13.3 Å². The summed E-state index contributed by atoms with van der Waals surface area (Å²) in [5.41, 5.74) is 2.35. The first-order valence-corrected chi connectivity index (χ1v) is 9.31. The molecule has 0 atom stereocenters. The molecule has 138 valence electrons. The van der Waals surface area contributed by atoms with Crippen molar-refractivity contribution in [3.63, 3.8) is 0 Å². The van der Waals surface area contributed by atoms with Crippen LogP contribution in [0.4, 0.5) is 10.5 Å². The smallest absolute Gasteiger partial charge is 0.317 e. The monoisotopic (exact) mass is 353 g/mol. The van der Waals surface area contributed by atoms with Crippen molar-refractivity contribution in [1.82, 2.24) is 10.2 Å². The van der Waals surface area contributed by atoms with E-state index in [1.54, 1.807) is 0 Å². The number of rotatable bonds is 6. The molecule has 0 bridgehead atoms. The van der Waals surface area contributed by atoms with Gasteiger partial charge >= 0.3 is 6.03 Å². The van der Waals surface area contributed by atoms with Crippen LogP contribution in [-0.4, -0.2) is 50.3 Å². The molecular weight excluding hydrogens is 326 g/mol. The van der Waals surface area contributed by atoms with Gasteiger partial charge in [0.2, 0.25) is 0 Å². The van der Waals surface area contributed by atoms with E-state index in [1.807, 2.05) is 48.2 Å². The fourth-order valence-corrected chi connectivity index (χ4v) is 3.22. The van der Waals surface area contributed by atoms with Crippen LogP contribution in [0.3, 0.4) is 0 Å². The Morgan fingerprint density at radius 2 is 1.69 bits per heavy atom. The van der Waals surface area contributed by atoms with Gasteiger partial charge in [0.1, 0.15) is 5.75 Å². The van der Waals surface area contributed by atoms with E-state index in [0.717, 1.165) is 44.0 Å². The molecule has 26 heavy (non-hydrogen) atoms. The van der Waals surface area contributed by atoms with Gasteiger partial charge in [-0.05, 0) is 31.0 Å². The minimum absolute atomic E-state index is 0.0266. The number of anilines is 1. The molecule has 3 rings (SSSR count). The van der Waals surface area contributed by atoms with E-state index in [9.17, 15) is 4.79 Å². The van der Waals surface area contributed by atoms with Crippen molar-refractivity contribution in [2.75, 3.05) is 44.2 Å². The van der Waals surface area contributed by atoms with E-state index in [0.29, 0.717) is 13.2 Å².